The van der Waals surface area contributed by atoms with Gasteiger partial charge in [-0.2, -0.15) is 0 Å². The zero-order valence-electron chi connectivity index (χ0n) is 14.8. The van der Waals surface area contributed by atoms with Gasteiger partial charge >= 0.3 is 0 Å². The maximum Gasteiger partial charge on any atom is 0.276 e. The highest BCUT2D eigenvalue weighted by atomic mass is 32.1. The first-order valence-electron chi connectivity index (χ1n) is 8.99. The van der Waals surface area contributed by atoms with Gasteiger partial charge in [-0.15, -0.1) is 5.10 Å². The first-order chi connectivity index (χ1) is 12.7. The van der Waals surface area contributed by atoms with Crippen LogP contribution >= 0.6 is 11.5 Å². The summed E-state index contributed by atoms with van der Waals surface area (Å²) >= 11 is 1.24. The second-order valence-corrected chi connectivity index (χ2v) is 7.55. The topological polar surface area (TPSA) is 84.3 Å². The Kier molecular flexibility index (Phi) is 5.07. The lowest BCUT2D eigenvalue weighted by Crippen LogP contribution is -2.44. The van der Waals surface area contributed by atoms with Crippen LogP contribution in [-0.2, 0) is 4.74 Å². The molecule has 0 saturated carbocycles. The molecule has 0 spiro atoms. The van der Waals surface area contributed by atoms with Gasteiger partial charge < -0.3 is 14.5 Å². The first-order valence-corrected chi connectivity index (χ1v) is 9.77. The molecule has 2 aliphatic heterocycles. The maximum atomic E-state index is 13.0. The minimum absolute atomic E-state index is 0.128. The number of hydrogen-bond acceptors (Lipinski definition) is 8. The summed E-state index contributed by atoms with van der Waals surface area (Å²) in [5.74, 6) is 1.43. The third kappa shape index (κ3) is 3.41. The van der Waals surface area contributed by atoms with Gasteiger partial charge in [-0.3, -0.25) is 4.79 Å². The molecule has 2 fully saturated rings. The summed E-state index contributed by atoms with van der Waals surface area (Å²) in [5, 5.41) is 4.00. The highest BCUT2D eigenvalue weighted by Gasteiger charge is 2.33. The van der Waals surface area contributed by atoms with Crippen molar-refractivity contribution in [2.75, 3.05) is 37.7 Å². The number of piperidine rings is 1. The van der Waals surface area contributed by atoms with Crippen LogP contribution < -0.4 is 4.90 Å². The number of carbonyl (C=O) groups excluding carboxylic acids is 1. The number of amides is 1. The largest absolute Gasteiger partial charge is 0.377 e. The summed E-state index contributed by atoms with van der Waals surface area (Å²) in [4.78, 5) is 27.1. The monoisotopic (exact) mass is 374 g/mol. The molecule has 4 rings (SSSR count). The van der Waals surface area contributed by atoms with Crippen molar-refractivity contribution in [3.05, 3.63) is 28.7 Å². The van der Waals surface area contributed by atoms with Crippen LogP contribution in [-0.4, -0.2) is 63.2 Å². The Morgan fingerprint density at radius 3 is 2.88 bits per heavy atom. The first kappa shape index (κ1) is 17.3. The summed E-state index contributed by atoms with van der Waals surface area (Å²) in [6.45, 7) is 5.29. The number of ether oxygens (including phenoxy) is 1. The molecular formula is C17H22N6O2S. The van der Waals surface area contributed by atoms with E-state index in [9.17, 15) is 4.79 Å². The van der Waals surface area contributed by atoms with Gasteiger partial charge in [0.05, 0.1) is 18.1 Å². The minimum atomic E-state index is -0.304. The Labute approximate surface area is 156 Å². The molecule has 0 radical (unpaired) electrons. The molecule has 2 aromatic heterocycles. The molecule has 1 atom stereocenters. The van der Waals surface area contributed by atoms with E-state index in [4.69, 9.17) is 9.72 Å². The average molecular weight is 374 g/mol. The number of aromatic nitrogens is 4. The molecule has 0 aromatic carbocycles. The van der Waals surface area contributed by atoms with Crippen molar-refractivity contribution in [1.82, 2.24) is 24.5 Å². The van der Waals surface area contributed by atoms with Crippen molar-refractivity contribution >= 4 is 23.3 Å². The SMILES string of the molecule is Cc1snnc1C(=O)N1CCOC[C@@H]1c1nccc(N2CCCCC2)n1. The minimum Gasteiger partial charge on any atom is -0.377 e. The lowest BCUT2D eigenvalue weighted by molar-refractivity contribution is -0.00554. The zero-order chi connectivity index (χ0) is 17.9. The average Bonchev–Trinajstić information content (AvgIpc) is 3.14. The molecule has 0 aliphatic carbocycles. The van der Waals surface area contributed by atoms with Crippen LogP contribution in [0.1, 0.15) is 46.5 Å². The smallest absolute Gasteiger partial charge is 0.276 e. The summed E-state index contributed by atoms with van der Waals surface area (Å²) in [7, 11) is 0. The van der Waals surface area contributed by atoms with Crippen molar-refractivity contribution in [3.8, 4) is 0 Å². The van der Waals surface area contributed by atoms with Crippen molar-refractivity contribution in [3.63, 3.8) is 0 Å². The fraction of sp³-hybridized carbons (Fsp3) is 0.588. The molecule has 2 saturated heterocycles. The molecule has 9 heteroatoms. The predicted octanol–water partition coefficient (Wildman–Crippen LogP) is 1.84. The summed E-state index contributed by atoms with van der Waals surface area (Å²) < 4.78 is 9.51. The van der Waals surface area contributed by atoms with Gasteiger partial charge in [-0.1, -0.05) is 4.49 Å². The summed E-state index contributed by atoms with van der Waals surface area (Å²) in [6, 6.07) is 1.64. The standard InChI is InChI=1S/C17H22N6O2S/c1-12-15(20-21-26-12)17(24)23-9-10-25-11-13(23)16-18-6-5-14(19-16)22-7-3-2-4-8-22/h5-6,13H,2-4,7-11H2,1H3/t13-/m1/s1. The van der Waals surface area contributed by atoms with Gasteiger partial charge in [0.25, 0.3) is 5.91 Å². The van der Waals surface area contributed by atoms with Gasteiger partial charge in [0.15, 0.2) is 11.5 Å². The number of hydrogen-bond donors (Lipinski definition) is 0. The predicted molar refractivity (Wildman–Crippen MR) is 97.3 cm³/mol. The van der Waals surface area contributed by atoms with E-state index in [1.54, 1.807) is 11.1 Å². The molecule has 1 amide bonds. The van der Waals surface area contributed by atoms with Crippen molar-refractivity contribution in [1.29, 1.82) is 0 Å². The summed E-state index contributed by atoms with van der Waals surface area (Å²) in [6.07, 6.45) is 5.42. The zero-order valence-corrected chi connectivity index (χ0v) is 15.6. The number of nitrogens with zero attached hydrogens (tertiary/aromatic N) is 6. The Morgan fingerprint density at radius 2 is 2.12 bits per heavy atom. The van der Waals surface area contributed by atoms with E-state index >= 15 is 0 Å². The Bertz CT molecular complexity index is 776. The second kappa shape index (κ2) is 7.63. The van der Waals surface area contributed by atoms with Gasteiger partial charge in [-0.05, 0) is 43.8 Å². The van der Waals surface area contributed by atoms with E-state index in [1.165, 1.54) is 30.8 Å². The van der Waals surface area contributed by atoms with E-state index in [1.807, 2.05) is 13.0 Å². The highest BCUT2D eigenvalue weighted by molar-refractivity contribution is 7.05. The quantitative estimate of drug-likeness (QED) is 0.810. The molecule has 138 valence electrons. The van der Waals surface area contributed by atoms with E-state index in [0.717, 1.165) is 23.8 Å². The normalized spacial score (nSPS) is 21.0. The highest BCUT2D eigenvalue weighted by Crippen LogP contribution is 2.26. The molecule has 0 N–H and O–H groups in total. The van der Waals surface area contributed by atoms with Crippen LogP contribution in [0.4, 0.5) is 5.82 Å². The van der Waals surface area contributed by atoms with E-state index in [2.05, 4.69) is 19.5 Å². The van der Waals surface area contributed by atoms with Crippen molar-refractivity contribution in [2.24, 2.45) is 0 Å². The van der Waals surface area contributed by atoms with Crippen LogP contribution in [0.25, 0.3) is 0 Å². The molecule has 2 aromatic rings. The van der Waals surface area contributed by atoms with E-state index < -0.39 is 0 Å². The Hall–Kier alpha value is -2.13. The number of aryl methyl sites for hydroxylation is 1. The van der Waals surface area contributed by atoms with E-state index in [-0.39, 0.29) is 11.9 Å². The molecule has 4 heterocycles. The molecule has 26 heavy (non-hydrogen) atoms. The molecule has 0 bridgehead atoms. The molecular weight excluding hydrogens is 352 g/mol. The van der Waals surface area contributed by atoms with Crippen LogP contribution in [0.3, 0.4) is 0 Å². The maximum absolute atomic E-state index is 13.0. The number of rotatable bonds is 3. The third-order valence-electron chi connectivity index (χ3n) is 4.88. The van der Waals surface area contributed by atoms with Crippen molar-refractivity contribution < 1.29 is 9.53 Å². The van der Waals surface area contributed by atoms with Gasteiger partial charge in [0.1, 0.15) is 11.9 Å². The van der Waals surface area contributed by atoms with Gasteiger partial charge in [-0.25, -0.2) is 9.97 Å². The Morgan fingerprint density at radius 1 is 1.27 bits per heavy atom. The summed E-state index contributed by atoms with van der Waals surface area (Å²) in [5.41, 5.74) is 0.411. The number of anilines is 1. The van der Waals surface area contributed by atoms with Gasteiger partial charge in [0.2, 0.25) is 0 Å². The Balaban J connectivity index is 1.60. The lowest BCUT2D eigenvalue weighted by atomic mass is 10.1. The molecule has 2 aliphatic rings. The van der Waals surface area contributed by atoms with Crippen LogP contribution in [0.15, 0.2) is 12.3 Å². The molecule has 8 nitrogen and oxygen atoms in total. The van der Waals surface area contributed by atoms with Crippen LogP contribution in [0.5, 0.6) is 0 Å². The molecule has 0 unspecified atom stereocenters. The third-order valence-corrected chi connectivity index (χ3v) is 5.51. The van der Waals surface area contributed by atoms with Crippen LogP contribution in [0.2, 0.25) is 0 Å². The number of carbonyl (C=O) groups is 1. The lowest BCUT2D eigenvalue weighted by Gasteiger charge is -2.35. The van der Waals surface area contributed by atoms with Gasteiger partial charge in [0, 0.05) is 25.8 Å². The fourth-order valence-electron chi connectivity index (χ4n) is 3.45. The van der Waals surface area contributed by atoms with E-state index in [0.29, 0.717) is 31.3 Å². The van der Waals surface area contributed by atoms with Crippen molar-refractivity contribution in [2.45, 2.75) is 32.2 Å². The van der Waals surface area contributed by atoms with Crippen LogP contribution in [0, 0.1) is 6.92 Å². The number of morpholine rings is 1. The second-order valence-electron chi connectivity index (χ2n) is 6.59. The fourth-order valence-corrected chi connectivity index (χ4v) is 3.91.